The number of aromatic nitrogens is 1. The average molecular weight is 282 g/mol. The van der Waals surface area contributed by atoms with E-state index in [9.17, 15) is 0 Å². The molecular weight excluding hydrogens is 264 g/mol. The molecule has 1 N–H and O–H groups in total. The Morgan fingerprint density at radius 3 is 2.70 bits per heavy atom. The number of hydrogen-bond acceptors (Lipinski definition) is 3. The molecule has 1 atom stereocenters. The first kappa shape index (κ1) is 13.3. The zero-order valence-electron chi connectivity index (χ0n) is 11.8. The van der Waals surface area contributed by atoms with Crippen LogP contribution in [0.4, 0.5) is 0 Å². The summed E-state index contributed by atoms with van der Waals surface area (Å²) in [6.45, 7) is 5.24. The molecule has 3 rings (SSSR count). The van der Waals surface area contributed by atoms with E-state index in [0.29, 0.717) is 6.04 Å². The fourth-order valence-corrected chi connectivity index (χ4v) is 3.70. The molecule has 0 radical (unpaired) electrons. The highest BCUT2D eigenvalue weighted by atomic mass is 32.1. The minimum atomic E-state index is 0.342. The third-order valence-corrected chi connectivity index (χ3v) is 5.04. The lowest BCUT2D eigenvalue weighted by Crippen LogP contribution is -2.18. The van der Waals surface area contributed by atoms with Crippen LogP contribution in [0.1, 0.15) is 29.1 Å². The third-order valence-electron chi connectivity index (χ3n) is 3.59. The average Bonchev–Trinajstić information content (AvgIpc) is 2.84. The van der Waals surface area contributed by atoms with Crippen molar-refractivity contribution in [3.05, 3.63) is 64.8 Å². The van der Waals surface area contributed by atoms with Crippen LogP contribution in [0.3, 0.4) is 0 Å². The monoisotopic (exact) mass is 282 g/mol. The van der Waals surface area contributed by atoms with Gasteiger partial charge in [-0.25, -0.2) is 0 Å². The Kier molecular flexibility index (Phi) is 3.81. The number of nitrogens with one attached hydrogen (secondary N) is 1. The molecule has 3 heteroatoms. The third kappa shape index (κ3) is 2.60. The quantitative estimate of drug-likeness (QED) is 0.764. The van der Waals surface area contributed by atoms with Gasteiger partial charge in [-0.3, -0.25) is 4.98 Å². The molecule has 0 aliphatic carbocycles. The maximum absolute atomic E-state index is 4.35. The Morgan fingerprint density at radius 2 is 1.95 bits per heavy atom. The van der Waals surface area contributed by atoms with Crippen molar-refractivity contribution < 1.29 is 0 Å². The smallest absolute Gasteiger partial charge is 0.0541 e. The Hall–Kier alpha value is -1.71. The van der Waals surface area contributed by atoms with E-state index in [-0.39, 0.29) is 0 Å². The zero-order chi connectivity index (χ0) is 13.9. The summed E-state index contributed by atoms with van der Waals surface area (Å²) in [5.74, 6) is 0. The van der Waals surface area contributed by atoms with Gasteiger partial charge in [0, 0.05) is 28.4 Å². The van der Waals surface area contributed by atoms with Crippen LogP contribution in [0.15, 0.2) is 48.7 Å². The van der Waals surface area contributed by atoms with E-state index in [1.165, 1.54) is 20.5 Å². The van der Waals surface area contributed by atoms with Crippen molar-refractivity contribution in [2.45, 2.75) is 26.4 Å². The minimum Gasteiger partial charge on any atom is -0.304 e. The van der Waals surface area contributed by atoms with E-state index in [1.807, 2.05) is 29.7 Å². The normalized spacial score (nSPS) is 12.7. The minimum absolute atomic E-state index is 0.342. The van der Waals surface area contributed by atoms with E-state index in [0.717, 1.165) is 12.2 Å². The van der Waals surface area contributed by atoms with E-state index in [4.69, 9.17) is 0 Å². The Morgan fingerprint density at radius 1 is 1.15 bits per heavy atom. The van der Waals surface area contributed by atoms with Crippen molar-refractivity contribution in [2.24, 2.45) is 0 Å². The molecule has 0 fully saturated rings. The molecule has 2 nitrogen and oxygen atoms in total. The van der Waals surface area contributed by atoms with Crippen molar-refractivity contribution in [2.75, 3.05) is 0 Å². The molecule has 0 aliphatic heterocycles. The summed E-state index contributed by atoms with van der Waals surface area (Å²) in [7, 11) is 0. The summed E-state index contributed by atoms with van der Waals surface area (Å²) < 4.78 is 1.37. The topological polar surface area (TPSA) is 24.9 Å². The fourth-order valence-electron chi connectivity index (χ4n) is 2.46. The highest BCUT2D eigenvalue weighted by molar-refractivity contribution is 7.19. The van der Waals surface area contributed by atoms with Crippen molar-refractivity contribution in [1.29, 1.82) is 0 Å². The number of nitrogens with zero attached hydrogens (tertiary/aromatic N) is 1. The number of pyridine rings is 1. The first-order chi connectivity index (χ1) is 9.75. The number of hydrogen-bond donors (Lipinski definition) is 1. The Balaban J connectivity index is 1.79. The zero-order valence-corrected chi connectivity index (χ0v) is 12.6. The molecule has 0 aliphatic rings. The molecule has 0 saturated heterocycles. The van der Waals surface area contributed by atoms with Crippen LogP contribution in [0.25, 0.3) is 10.1 Å². The highest BCUT2D eigenvalue weighted by Crippen LogP contribution is 2.34. The predicted octanol–water partition coefficient (Wildman–Crippen LogP) is 4.46. The molecule has 0 spiro atoms. The predicted molar refractivity (Wildman–Crippen MR) is 86.1 cm³/mol. The largest absolute Gasteiger partial charge is 0.304 e. The number of aryl methyl sites for hydroxylation is 1. The van der Waals surface area contributed by atoms with Gasteiger partial charge in [-0.2, -0.15) is 0 Å². The SMILES string of the molecule is Cc1c(C(C)NCc2ccccn2)sc2ccccc12. The molecule has 20 heavy (non-hydrogen) atoms. The van der Waals surface area contributed by atoms with Crippen LogP contribution in [0.2, 0.25) is 0 Å². The number of benzene rings is 1. The highest BCUT2D eigenvalue weighted by Gasteiger charge is 2.13. The molecule has 0 bridgehead atoms. The number of thiophene rings is 1. The summed E-state index contributed by atoms with van der Waals surface area (Å²) in [6, 6.07) is 15.0. The van der Waals surface area contributed by atoms with E-state index >= 15 is 0 Å². The Labute approximate surface area is 123 Å². The molecule has 2 aromatic heterocycles. The molecule has 0 amide bonds. The molecular formula is C17H18N2S. The second kappa shape index (κ2) is 5.73. The van der Waals surface area contributed by atoms with Gasteiger partial charge in [0.1, 0.15) is 0 Å². The van der Waals surface area contributed by atoms with Crippen LogP contribution in [0, 0.1) is 6.92 Å². The second-order valence-corrected chi connectivity index (χ2v) is 6.09. The summed E-state index contributed by atoms with van der Waals surface area (Å²) in [5.41, 5.74) is 2.48. The van der Waals surface area contributed by atoms with Crippen LogP contribution >= 0.6 is 11.3 Å². The van der Waals surface area contributed by atoms with Gasteiger partial charge in [-0.15, -0.1) is 11.3 Å². The molecule has 0 saturated carbocycles. The lowest BCUT2D eigenvalue weighted by molar-refractivity contribution is 0.574. The summed E-state index contributed by atoms with van der Waals surface area (Å²) in [4.78, 5) is 5.77. The summed E-state index contributed by atoms with van der Waals surface area (Å²) >= 11 is 1.88. The lowest BCUT2D eigenvalue weighted by Gasteiger charge is -2.13. The van der Waals surface area contributed by atoms with Crippen LogP contribution in [0.5, 0.6) is 0 Å². The van der Waals surface area contributed by atoms with Gasteiger partial charge < -0.3 is 5.32 Å². The van der Waals surface area contributed by atoms with E-state index in [1.54, 1.807) is 0 Å². The molecule has 1 unspecified atom stereocenters. The van der Waals surface area contributed by atoms with Gasteiger partial charge in [0.25, 0.3) is 0 Å². The molecule has 102 valence electrons. The van der Waals surface area contributed by atoms with Gasteiger partial charge in [-0.1, -0.05) is 24.3 Å². The fraction of sp³-hybridized carbons (Fsp3) is 0.235. The van der Waals surface area contributed by atoms with Crippen LogP contribution in [-0.4, -0.2) is 4.98 Å². The summed E-state index contributed by atoms with van der Waals surface area (Å²) in [5, 5.41) is 4.94. The van der Waals surface area contributed by atoms with Crippen molar-refractivity contribution in [3.63, 3.8) is 0 Å². The standard InChI is InChI=1S/C17H18N2S/c1-12-15-8-3-4-9-16(15)20-17(12)13(2)19-11-14-7-5-6-10-18-14/h3-10,13,19H,11H2,1-2H3. The van der Waals surface area contributed by atoms with Crippen molar-refractivity contribution in [1.82, 2.24) is 10.3 Å². The second-order valence-electron chi connectivity index (χ2n) is 5.01. The number of fused-ring (bicyclic) bond motifs is 1. The maximum Gasteiger partial charge on any atom is 0.0541 e. The molecule has 2 heterocycles. The first-order valence-corrected chi connectivity index (χ1v) is 7.68. The van der Waals surface area contributed by atoms with Crippen LogP contribution < -0.4 is 5.32 Å². The van der Waals surface area contributed by atoms with Crippen molar-refractivity contribution >= 4 is 21.4 Å². The van der Waals surface area contributed by atoms with Gasteiger partial charge in [-0.05, 0) is 43.0 Å². The lowest BCUT2D eigenvalue weighted by atomic mass is 10.1. The van der Waals surface area contributed by atoms with Gasteiger partial charge in [0.15, 0.2) is 0 Å². The first-order valence-electron chi connectivity index (χ1n) is 6.87. The van der Waals surface area contributed by atoms with E-state index < -0.39 is 0 Å². The van der Waals surface area contributed by atoms with Crippen LogP contribution in [-0.2, 0) is 6.54 Å². The van der Waals surface area contributed by atoms with E-state index in [2.05, 4.69) is 54.5 Å². The van der Waals surface area contributed by atoms with Gasteiger partial charge in [0.2, 0.25) is 0 Å². The van der Waals surface area contributed by atoms with Crippen molar-refractivity contribution in [3.8, 4) is 0 Å². The maximum atomic E-state index is 4.35. The summed E-state index contributed by atoms with van der Waals surface area (Å²) in [6.07, 6.45) is 1.84. The molecule has 1 aromatic carbocycles. The Bertz CT molecular complexity index is 703. The van der Waals surface area contributed by atoms with Gasteiger partial charge in [0.05, 0.1) is 5.69 Å². The number of rotatable bonds is 4. The van der Waals surface area contributed by atoms with Gasteiger partial charge >= 0.3 is 0 Å². The molecule has 3 aromatic rings.